The molecule has 4 nitrogen and oxygen atoms in total. The fourth-order valence-electron chi connectivity index (χ4n) is 2.21. The first-order valence-electron chi connectivity index (χ1n) is 6.44. The second kappa shape index (κ2) is 5.50. The first kappa shape index (κ1) is 13.1. The van der Waals surface area contributed by atoms with Crippen molar-refractivity contribution in [1.29, 1.82) is 0 Å². The number of fused-ring (bicyclic) bond motifs is 1. The van der Waals surface area contributed by atoms with E-state index in [9.17, 15) is 5.11 Å². The van der Waals surface area contributed by atoms with Gasteiger partial charge in [-0.1, -0.05) is 19.1 Å². The molecule has 0 saturated heterocycles. The molecule has 0 spiro atoms. The quantitative estimate of drug-likeness (QED) is 0.818. The Hall–Kier alpha value is -1.39. The summed E-state index contributed by atoms with van der Waals surface area (Å²) in [6.07, 6.45) is 2.74. The molecule has 2 aromatic rings. The zero-order chi connectivity index (χ0) is 13.0. The Labute approximate surface area is 108 Å². The van der Waals surface area contributed by atoms with Crippen LogP contribution in [0.3, 0.4) is 0 Å². The maximum absolute atomic E-state index is 9.47. The van der Waals surface area contributed by atoms with E-state index >= 15 is 0 Å². The first-order chi connectivity index (χ1) is 8.68. The van der Waals surface area contributed by atoms with Crippen LogP contribution in [0, 0.1) is 0 Å². The lowest BCUT2D eigenvalue weighted by Crippen LogP contribution is -2.46. The molecule has 0 aliphatic rings. The minimum Gasteiger partial charge on any atom is -0.394 e. The second-order valence-electron chi connectivity index (χ2n) is 4.93. The van der Waals surface area contributed by atoms with Gasteiger partial charge in [-0.3, -0.25) is 0 Å². The van der Waals surface area contributed by atoms with Crippen LogP contribution in [0.2, 0.25) is 0 Å². The molecule has 1 aromatic carbocycles. The summed E-state index contributed by atoms with van der Waals surface area (Å²) in [7, 11) is 0. The van der Waals surface area contributed by atoms with Crippen molar-refractivity contribution < 1.29 is 5.11 Å². The summed E-state index contributed by atoms with van der Waals surface area (Å²) in [5.74, 6) is 0. The van der Waals surface area contributed by atoms with Crippen LogP contribution in [0.25, 0.3) is 11.0 Å². The van der Waals surface area contributed by atoms with E-state index in [1.165, 1.54) is 0 Å². The summed E-state index contributed by atoms with van der Waals surface area (Å²) in [6.45, 7) is 5.97. The number of hydrogen-bond donors (Lipinski definition) is 2. The van der Waals surface area contributed by atoms with E-state index in [2.05, 4.69) is 34.8 Å². The van der Waals surface area contributed by atoms with E-state index in [0.717, 1.165) is 30.5 Å². The lowest BCUT2D eigenvalue weighted by Gasteiger charge is -2.28. The number of benzene rings is 1. The van der Waals surface area contributed by atoms with Crippen LogP contribution in [0.4, 0.5) is 0 Å². The summed E-state index contributed by atoms with van der Waals surface area (Å²) in [4.78, 5) is 4.37. The van der Waals surface area contributed by atoms with E-state index in [4.69, 9.17) is 0 Å². The fraction of sp³-hybridized carbons (Fsp3) is 0.500. The number of nitrogens with zero attached hydrogens (tertiary/aromatic N) is 2. The Bertz CT molecular complexity index is 508. The molecule has 2 rings (SSSR count). The molecule has 1 atom stereocenters. The molecule has 18 heavy (non-hydrogen) atoms. The number of para-hydroxylation sites is 2. The third kappa shape index (κ3) is 2.71. The van der Waals surface area contributed by atoms with E-state index < -0.39 is 0 Å². The highest BCUT2D eigenvalue weighted by Gasteiger charge is 2.21. The SMILES string of the molecule is CCNC(C)(CO)CCn1cnc2ccccc21. The van der Waals surface area contributed by atoms with Gasteiger partial charge in [0.25, 0.3) is 0 Å². The van der Waals surface area contributed by atoms with E-state index in [1.54, 1.807) is 0 Å². The maximum atomic E-state index is 9.47. The smallest absolute Gasteiger partial charge is 0.0958 e. The van der Waals surface area contributed by atoms with Crippen molar-refractivity contribution in [2.24, 2.45) is 0 Å². The number of aryl methyl sites for hydroxylation is 1. The second-order valence-corrected chi connectivity index (χ2v) is 4.93. The van der Waals surface area contributed by atoms with Crippen LogP contribution in [-0.2, 0) is 6.54 Å². The molecule has 98 valence electrons. The zero-order valence-electron chi connectivity index (χ0n) is 11.1. The number of aliphatic hydroxyl groups is 1. The number of rotatable bonds is 6. The van der Waals surface area contributed by atoms with Gasteiger partial charge in [-0.25, -0.2) is 4.98 Å². The standard InChI is InChI=1S/C14H21N3O/c1-3-16-14(2,10-18)8-9-17-11-15-12-6-4-5-7-13(12)17/h4-7,11,16,18H,3,8-10H2,1-2H3. The molecule has 4 heteroatoms. The summed E-state index contributed by atoms with van der Waals surface area (Å²) in [6, 6.07) is 8.11. The minimum absolute atomic E-state index is 0.146. The predicted molar refractivity (Wildman–Crippen MR) is 73.5 cm³/mol. The molecular weight excluding hydrogens is 226 g/mol. The normalized spacial score (nSPS) is 14.8. The van der Waals surface area contributed by atoms with Crippen molar-refractivity contribution in [3.63, 3.8) is 0 Å². The van der Waals surface area contributed by atoms with Crippen LogP contribution in [-0.4, -0.2) is 33.3 Å². The monoisotopic (exact) mass is 247 g/mol. The molecule has 0 amide bonds. The highest BCUT2D eigenvalue weighted by molar-refractivity contribution is 5.74. The van der Waals surface area contributed by atoms with Gasteiger partial charge < -0.3 is 15.0 Å². The lowest BCUT2D eigenvalue weighted by atomic mass is 9.99. The van der Waals surface area contributed by atoms with E-state index in [0.29, 0.717) is 0 Å². The number of aliphatic hydroxyl groups excluding tert-OH is 1. The molecule has 1 heterocycles. The van der Waals surface area contributed by atoms with Crippen LogP contribution in [0.1, 0.15) is 20.3 Å². The summed E-state index contributed by atoms with van der Waals surface area (Å²) >= 11 is 0. The highest BCUT2D eigenvalue weighted by Crippen LogP contribution is 2.15. The van der Waals surface area contributed by atoms with Crippen LogP contribution >= 0.6 is 0 Å². The average Bonchev–Trinajstić information content (AvgIpc) is 2.80. The molecular formula is C14H21N3O. The van der Waals surface area contributed by atoms with Crippen LogP contribution in [0.15, 0.2) is 30.6 Å². The molecule has 0 bridgehead atoms. The fourth-order valence-corrected chi connectivity index (χ4v) is 2.21. The summed E-state index contributed by atoms with van der Waals surface area (Å²) < 4.78 is 2.14. The number of hydrogen-bond acceptors (Lipinski definition) is 3. The minimum atomic E-state index is -0.222. The van der Waals surface area contributed by atoms with Gasteiger partial charge in [0.15, 0.2) is 0 Å². The lowest BCUT2D eigenvalue weighted by molar-refractivity contribution is 0.163. The molecule has 0 fully saturated rings. The van der Waals surface area contributed by atoms with E-state index in [-0.39, 0.29) is 12.1 Å². The number of aromatic nitrogens is 2. The maximum Gasteiger partial charge on any atom is 0.0958 e. The molecule has 1 aromatic heterocycles. The van der Waals surface area contributed by atoms with Gasteiger partial charge in [-0.05, 0) is 32.0 Å². The van der Waals surface area contributed by atoms with Gasteiger partial charge in [0, 0.05) is 12.1 Å². The van der Waals surface area contributed by atoms with Gasteiger partial charge in [0.2, 0.25) is 0 Å². The Morgan fingerprint density at radius 1 is 1.39 bits per heavy atom. The number of imidazole rings is 1. The number of nitrogens with one attached hydrogen (secondary N) is 1. The number of likely N-dealkylation sites (N-methyl/N-ethyl adjacent to an activating group) is 1. The van der Waals surface area contributed by atoms with Gasteiger partial charge in [0.1, 0.15) is 0 Å². The Kier molecular flexibility index (Phi) is 3.99. The van der Waals surface area contributed by atoms with Crippen molar-refractivity contribution in [1.82, 2.24) is 14.9 Å². The van der Waals surface area contributed by atoms with Gasteiger partial charge in [-0.2, -0.15) is 0 Å². The topological polar surface area (TPSA) is 50.1 Å². The van der Waals surface area contributed by atoms with Crippen molar-refractivity contribution in [3.05, 3.63) is 30.6 Å². The third-order valence-electron chi connectivity index (χ3n) is 3.38. The molecule has 0 aliphatic carbocycles. The van der Waals surface area contributed by atoms with Crippen LogP contribution < -0.4 is 5.32 Å². The van der Waals surface area contributed by atoms with Crippen molar-refractivity contribution in [3.8, 4) is 0 Å². The van der Waals surface area contributed by atoms with E-state index in [1.807, 2.05) is 24.5 Å². The average molecular weight is 247 g/mol. The summed E-state index contributed by atoms with van der Waals surface area (Å²) in [5.41, 5.74) is 1.95. The largest absolute Gasteiger partial charge is 0.394 e. The van der Waals surface area contributed by atoms with Crippen molar-refractivity contribution in [2.45, 2.75) is 32.4 Å². The van der Waals surface area contributed by atoms with Crippen molar-refractivity contribution >= 4 is 11.0 Å². The van der Waals surface area contributed by atoms with Crippen LogP contribution in [0.5, 0.6) is 0 Å². The predicted octanol–water partition coefficient (Wildman–Crippen LogP) is 1.79. The summed E-state index contributed by atoms with van der Waals surface area (Å²) in [5, 5.41) is 12.8. The molecule has 0 saturated carbocycles. The molecule has 2 N–H and O–H groups in total. The first-order valence-corrected chi connectivity index (χ1v) is 6.44. The third-order valence-corrected chi connectivity index (χ3v) is 3.38. The Morgan fingerprint density at radius 2 is 2.17 bits per heavy atom. The molecule has 0 aliphatic heterocycles. The van der Waals surface area contributed by atoms with Gasteiger partial charge in [-0.15, -0.1) is 0 Å². The Morgan fingerprint density at radius 3 is 2.89 bits per heavy atom. The molecule has 1 unspecified atom stereocenters. The zero-order valence-corrected chi connectivity index (χ0v) is 11.1. The van der Waals surface area contributed by atoms with Crippen molar-refractivity contribution in [2.75, 3.05) is 13.2 Å². The highest BCUT2D eigenvalue weighted by atomic mass is 16.3. The van der Waals surface area contributed by atoms with Gasteiger partial charge >= 0.3 is 0 Å². The molecule has 0 radical (unpaired) electrons. The van der Waals surface area contributed by atoms with Gasteiger partial charge in [0.05, 0.1) is 24.0 Å². The Balaban J connectivity index is 2.10.